The number of ether oxygens (including phenoxy) is 1. The Bertz CT molecular complexity index is 1450. The van der Waals surface area contributed by atoms with Gasteiger partial charge in [0.05, 0.1) is 24.7 Å². The highest BCUT2D eigenvalue weighted by molar-refractivity contribution is 5.85. The van der Waals surface area contributed by atoms with Crippen LogP contribution < -0.4 is 10.4 Å². The highest BCUT2D eigenvalue weighted by Gasteiger charge is 2.12. The number of aromatic nitrogens is 2. The maximum absolute atomic E-state index is 13.8. The van der Waals surface area contributed by atoms with E-state index in [4.69, 9.17) is 4.74 Å². The fraction of sp³-hybridized carbons (Fsp3) is 0.0800. The zero-order valence-electron chi connectivity index (χ0n) is 16.4. The van der Waals surface area contributed by atoms with Crippen molar-refractivity contribution in [1.82, 2.24) is 9.55 Å². The Balaban J connectivity index is 1.57. The molecule has 0 amide bonds. The normalized spacial score (nSPS) is 11.3. The van der Waals surface area contributed by atoms with Crippen molar-refractivity contribution in [3.63, 3.8) is 0 Å². The second kappa shape index (κ2) is 7.19. The van der Waals surface area contributed by atoms with Crippen molar-refractivity contribution in [1.29, 1.82) is 0 Å². The highest BCUT2D eigenvalue weighted by atomic mass is 19.1. The van der Waals surface area contributed by atoms with Gasteiger partial charge < -0.3 is 9.72 Å². The number of methoxy groups -OCH3 is 1. The summed E-state index contributed by atoms with van der Waals surface area (Å²) in [6.45, 7) is 0.465. The molecule has 0 unspecified atom stereocenters. The number of hydrogen-bond donors (Lipinski definition) is 1. The van der Waals surface area contributed by atoms with Crippen LogP contribution in [0.25, 0.3) is 32.9 Å². The predicted molar refractivity (Wildman–Crippen MR) is 118 cm³/mol. The summed E-state index contributed by atoms with van der Waals surface area (Å²) >= 11 is 0. The van der Waals surface area contributed by atoms with Crippen LogP contribution in [0.3, 0.4) is 0 Å². The average molecular weight is 398 g/mol. The third kappa shape index (κ3) is 3.14. The monoisotopic (exact) mass is 398 g/mol. The molecule has 0 saturated carbocycles. The van der Waals surface area contributed by atoms with Gasteiger partial charge in [-0.15, -0.1) is 0 Å². The summed E-state index contributed by atoms with van der Waals surface area (Å²) in [7, 11) is 1.55. The van der Waals surface area contributed by atoms with E-state index in [0.29, 0.717) is 23.4 Å². The molecule has 0 radical (unpaired) electrons. The molecule has 0 fully saturated rings. The van der Waals surface area contributed by atoms with Crippen LogP contribution in [-0.4, -0.2) is 16.7 Å². The van der Waals surface area contributed by atoms with Gasteiger partial charge in [-0.2, -0.15) is 0 Å². The molecule has 0 aliphatic heterocycles. The lowest BCUT2D eigenvalue weighted by atomic mass is 10.0. The Hall–Kier alpha value is -3.86. The summed E-state index contributed by atoms with van der Waals surface area (Å²) in [5.74, 6) is 0.238. The largest absolute Gasteiger partial charge is 0.496 e. The standard InChI is InChI=1S/C25H19FN2O2/c1-30-24-11-9-20(26)14-21(24)19-8-10-23-22(13-19)27-25(29)28(23)15-16-6-7-17-4-2-3-5-18(17)12-16/h2-14H,15H2,1H3,(H,27,29). The van der Waals surface area contributed by atoms with Gasteiger partial charge in [0, 0.05) is 5.56 Å². The second-order valence-electron chi connectivity index (χ2n) is 7.27. The third-order valence-corrected chi connectivity index (χ3v) is 5.40. The summed E-state index contributed by atoms with van der Waals surface area (Å²) < 4.78 is 20.9. The molecule has 5 rings (SSSR count). The number of benzene rings is 4. The van der Waals surface area contributed by atoms with E-state index in [0.717, 1.165) is 22.0 Å². The SMILES string of the molecule is COc1ccc(F)cc1-c1ccc2c(c1)[nH]c(=O)n2Cc1ccc2ccccc2c1. The zero-order chi connectivity index (χ0) is 20.7. The highest BCUT2D eigenvalue weighted by Crippen LogP contribution is 2.32. The van der Waals surface area contributed by atoms with Gasteiger partial charge in [0.1, 0.15) is 11.6 Å². The molecule has 1 N–H and O–H groups in total. The van der Waals surface area contributed by atoms with Gasteiger partial charge in [-0.1, -0.05) is 42.5 Å². The van der Waals surface area contributed by atoms with Gasteiger partial charge in [0.15, 0.2) is 0 Å². The van der Waals surface area contributed by atoms with Crippen LogP contribution in [0.4, 0.5) is 4.39 Å². The number of nitrogens with one attached hydrogen (secondary N) is 1. The second-order valence-corrected chi connectivity index (χ2v) is 7.27. The van der Waals surface area contributed by atoms with Crippen LogP contribution in [0.15, 0.2) is 83.7 Å². The first kappa shape index (κ1) is 18.2. The van der Waals surface area contributed by atoms with Crippen LogP contribution in [0.1, 0.15) is 5.56 Å². The van der Waals surface area contributed by atoms with Gasteiger partial charge >= 0.3 is 5.69 Å². The molecule has 5 aromatic rings. The summed E-state index contributed by atoms with van der Waals surface area (Å²) in [4.78, 5) is 15.6. The van der Waals surface area contributed by atoms with E-state index < -0.39 is 0 Å². The van der Waals surface area contributed by atoms with Crippen LogP contribution in [-0.2, 0) is 6.54 Å². The maximum atomic E-state index is 13.8. The molecule has 0 bridgehead atoms. The fourth-order valence-electron chi connectivity index (χ4n) is 3.91. The van der Waals surface area contributed by atoms with Crippen molar-refractivity contribution < 1.29 is 9.13 Å². The molecule has 0 spiro atoms. The first-order valence-corrected chi connectivity index (χ1v) is 9.66. The maximum Gasteiger partial charge on any atom is 0.326 e. The molecule has 1 heterocycles. The minimum absolute atomic E-state index is 0.179. The number of hydrogen-bond acceptors (Lipinski definition) is 2. The van der Waals surface area contributed by atoms with Crippen molar-refractivity contribution in [3.8, 4) is 16.9 Å². The quantitative estimate of drug-likeness (QED) is 0.444. The Kier molecular flexibility index (Phi) is 4.36. The van der Waals surface area contributed by atoms with Crippen molar-refractivity contribution in [2.45, 2.75) is 6.54 Å². The molecule has 0 atom stereocenters. The van der Waals surface area contributed by atoms with E-state index in [9.17, 15) is 9.18 Å². The molecule has 4 nitrogen and oxygen atoms in total. The van der Waals surface area contributed by atoms with Gasteiger partial charge in [-0.25, -0.2) is 9.18 Å². The van der Waals surface area contributed by atoms with Gasteiger partial charge in [-0.05, 0) is 58.3 Å². The Morgan fingerprint density at radius 3 is 2.60 bits per heavy atom. The van der Waals surface area contributed by atoms with Crippen LogP contribution in [0.5, 0.6) is 5.75 Å². The molecular formula is C25H19FN2O2. The molecule has 1 aromatic heterocycles. The first-order chi connectivity index (χ1) is 14.6. The van der Waals surface area contributed by atoms with Gasteiger partial charge in [0.2, 0.25) is 0 Å². The minimum Gasteiger partial charge on any atom is -0.496 e. The smallest absolute Gasteiger partial charge is 0.326 e. The molecule has 0 aliphatic rings. The van der Waals surface area contributed by atoms with E-state index in [1.807, 2.05) is 36.4 Å². The molecule has 5 heteroatoms. The molecule has 30 heavy (non-hydrogen) atoms. The Morgan fingerprint density at radius 1 is 0.933 bits per heavy atom. The zero-order valence-corrected chi connectivity index (χ0v) is 16.4. The van der Waals surface area contributed by atoms with Gasteiger partial charge in [0.25, 0.3) is 0 Å². The Morgan fingerprint density at radius 2 is 1.77 bits per heavy atom. The minimum atomic E-state index is -0.340. The number of aromatic amines is 1. The fourth-order valence-corrected chi connectivity index (χ4v) is 3.91. The van der Waals surface area contributed by atoms with Crippen molar-refractivity contribution in [2.24, 2.45) is 0 Å². The summed E-state index contributed by atoms with van der Waals surface area (Å²) in [6.07, 6.45) is 0. The summed E-state index contributed by atoms with van der Waals surface area (Å²) in [5, 5.41) is 2.31. The van der Waals surface area contributed by atoms with E-state index in [2.05, 4.69) is 29.2 Å². The average Bonchev–Trinajstić information content (AvgIpc) is 3.08. The third-order valence-electron chi connectivity index (χ3n) is 5.40. The molecule has 148 valence electrons. The first-order valence-electron chi connectivity index (χ1n) is 9.66. The lowest BCUT2D eigenvalue weighted by molar-refractivity contribution is 0.415. The number of halogens is 1. The summed E-state index contributed by atoms with van der Waals surface area (Å²) in [6, 6.07) is 24.4. The number of rotatable bonds is 4. The van der Waals surface area contributed by atoms with E-state index >= 15 is 0 Å². The van der Waals surface area contributed by atoms with E-state index in [1.54, 1.807) is 17.7 Å². The van der Waals surface area contributed by atoms with E-state index in [1.165, 1.54) is 17.5 Å². The van der Waals surface area contributed by atoms with Crippen LogP contribution in [0.2, 0.25) is 0 Å². The number of H-pyrrole nitrogens is 1. The topological polar surface area (TPSA) is 47.0 Å². The van der Waals surface area contributed by atoms with E-state index in [-0.39, 0.29) is 11.5 Å². The van der Waals surface area contributed by atoms with Crippen molar-refractivity contribution in [3.05, 3.63) is 101 Å². The lowest BCUT2D eigenvalue weighted by Gasteiger charge is -2.09. The number of nitrogens with zero attached hydrogens (tertiary/aromatic N) is 1. The number of imidazole rings is 1. The number of fused-ring (bicyclic) bond motifs is 2. The van der Waals surface area contributed by atoms with Crippen LogP contribution in [0, 0.1) is 5.82 Å². The molecule has 0 saturated heterocycles. The predicted octanol–water partition coefficient (Wildman–Crippen LogP) is 5.35. The van der Waals surface area contributed by atoms with Crippen molar-refractivity contribution >= 4 is 21.8 Å². The van der Waals surface area contributed by atoms with Crippen LogP contribution >= 0.6 is 0 Å². The Labute approximate surface area is 172 Å². The van der Waals surface area contributed by atoms with Crippen molar-refractivity contribution in [2.75, 3.05) is 7.11 Å². The summed E-state index contributed by atoms with van der Waals surface area (Å²) in [5.41, 5.74) is 3.78. The lowest BCUT2D eigenvalue weighted by Crippen LogP contribution is -2.17. The molecular weight excluding hydrogens is 379 g/mol. The van der Waals surface area contributed by atoms with Gasteiger partial charge in [-0.3, -0.25) is 4.57 Å². The molecule has 4 aromatic carbocycles. The molecule has 0 aliphatic carbocycles.